The average Bonchev–Trinajstić information content (AvgIpc) is 3.16. The molecule has 2 aliphatic heterocycles. The minimum absolute atomic E-state index is 0.0104. The fourth-order valence-corrected chi connectivity index (χ4v) is 4.50. The van der Waals surface area contributed by atoms with Crippen LogP contribution in [-0.4, -0.2) is 35.3 Å². The van der Waals surface area contributed by atoms with Crippen LogP contribution in [0.3, 0.4) is 0 Å². The lowest BCUT2D eigenvalue weighted by Gasteiger charge is -2.26. The van der Waals surface area contributed by atoms with E-state index in [9.17, 15) is 14.4 Å². The lowest BCUT2D eigenvalue weighted by molar-refractivity contribution is -0.134. The van der Waals surface area contributed by atoms with Crippen molar-refractivity contribution in [2.75, 3.05) is 11.4 Å². The number of carbonyl (C=O) groups is 3. The molecule has 0 spiro atoms. The maximum Gasteiger partial charge on any atom is 0.325 e. The fourth-order valence-electron chi connectivity index (χ4n) is 4.50. The Balaban J connectivity index is 1.55. The van der Waals surface area contributed by atoms with Crippen molar-refractivity contribution in [3.05, 3.63) is 65.2 Å². The molecule has 2 heterocycles. The summed E-state index contributed by atoms with van der Waals surface area (Å²) in [5.41, 5.74) is 2.60. The first-order valence-electron chi connectivity index (χ1n) is 10.7. The average molecular weight is 420 g/mol. The van der Waals surface area contributed by atoms with Crippen LogP contribution in [0, 0.1) is 0 Å². The predicted octanol–water partition coefficient (Wildman–Crippen LogP) is 3.73. The van der Waals surface area contributed by atoms with E-state index in [1.165, 1.54) is 0 Å². The number of carbonyl (C=O) groups excluding carboxylic acids is 3. The van der Waals surface area contributed by atoms with E-state index in [4.69, 9.17) is 0 Å². The van der Waals surface area contributed by atoms with E-state index in [-0.39, 0.29) is 23.9 Å². The Labute approximate surface area is 183 Å². The number of hydrogen-bond acceptors (Lipinski definition) is 3. The van der Waals surface area contributed by atoms with Crippen LogP contribution in [0.15, 0.2) is 48.5 Å². The van der Waals surface area contributed by atoms with Gasteiger partial charge in [-0.2, -0.15) is 0 Å². The highest BCUT2D eigenvalue weighted by molar-refractivity contribution is 6.10. The first-order valence-corrected chi connectivity index (χ1v) is 10.7. The number of rotatable bonds is 3. The standard InChI is InChI=1S/C25H29N3O3/c1-16-14-17-8-6-7-9-20(17)28(16)21(29)15-27-22(30)25(5,26-23(27)31)19-12-10-18(11-13-19)24(2,3)4/h6-13,16H,14-15H2,1-5H3,(H,26,31). The number of urea groups is 1. The largest absolute Gasteiger partial charge is 0.325 e. The van der Waals surface area contributed by atoms with Gasteiger partial charge in [0.15, 0.2) is 0 Å². The molecule has 6 heteroatoms. The van der Waals surface area contributed by atoms with Gasteiger partial charge in [-0.25, -0.2) is 4.79 Å². The summed E-state index contributed by atoms with van der Waals surface area (Å²) in [6.45, 7) is 9.76. The molecule has 6 nitrogen and oxygen atoms in total. The van der Waals surface area contributed by atoms with Crippen molar-refractivity contribution in [3.63, 3.8) is 0 Å². The van der Waals surface area contributed by atoms with Gasteiger partial charge in [-0.05, 0) is 48.4 Å². The van der Waals surface area contributed by atoms with Gasteiger partial charge in [0, 0.05) is 11.7 Å². The van der Waals surface area contributed by atoms with Crippen molar-refractivity contribution in [2.24, 2.45) is 0 Å². The van der Waals surface area contributed by atoms with Crippen molar-refractivity contribution in [1.82, 2.24) is 10.2 Å². The fraction of sp³-hybridized carbons (Fsp3) is 0.400. The SMILES string of the molecule is CC1Cc2ccccc2N1C(=O)CN1C(=O)NC(C)(c2ccc(C(C)(C)C)cc2)C1=O. The summed E-state index contributed by atoms with van der Waals surface area (Å²) in [4.78, 5) is 41.8. The summed E-state index contributed by atoms with van der Waals surface area (Å²) in [6, 6.07) is 14.9. The summed E-state index contributed by atoms with van der Waals surface area (Å²) in [5.74, 6) is -0.664. The summed E-state index contributed by atoms with van der Waals surface area (Å²) >= 11 is 0. The molecule has 4 amide bonds. The van der Waals surface area contributed by atoms with E-state index in [0.717, 1.165) is 28.1 Å². The minimum atomic E-state index is -1.19. The van der Waals surface area contributed by atoms with E-state index in [2.05, 4.69) is 26.1 Å². The van der Waals surface area contributed by atoms with Crippen LogP contribution in [0.25, 0.3) is 0 Å². The molecule has 0 aliphatic carbocycles. The molecule has 2 aromatic carbocycles. The topological polar surface area (TPSA) is 69.7 Å². The van der Waals surface area contributed by atoms with Gasteiger partial charge < -0.3 is 10.2 Å². The molecular weight excluding hydrogens is 390 g/mol. The van der Waals surface area contributed by atoms with E-state index < -0.39 is 17.5 Å². The second-order valence-corrected chi connectivity index (χ2v) is 9.72. The molecule has 2 aromatic rings. The van der Waals surface area contributed by atoms with E-state index in [1.54, 1.807) is 11.8 Å². The Morgan fingerprint density at radius 3 is 2.39 bits per heavy atom. The number of imide groups is 1. The Bertz CT molecular complexity index is 1050. The summed E-state index contributed by atoms with van der Waals surface area (Å²) in [6.07, 6.45) is 0.764. The Morgan fingerprint density at radius 1 is 1.10 bits per heavy atom. The van der Waals surface area contributed by atoms with Gasteiger partial charge >= 0.3 is 6.03 Å². The number of para-hydroxylation sites is 1. The Morgan fingerprint density at radius 2 is 1.74 bits per heavy atom. The number of hydrogen-bond donors (Lipinski definition) is 1. The second kappa shape index (κ2) is 7.22. The first-order chi connectivity index (χ1) is 14.5. The zero-order chi connectivity index (χ0) is 22.6. The quantitative estimate of drug-likeness (QED) is 0.771. The van der Waals surface area contributed by atoms with Crippen LogP contribution in [0.2, 0.25) is 0 Å². The lowest BCUT2D eigenvalue weighted by Crippen LogP contribution is -2.46. The number of nitrogens with one attached hydrogen (secondary N) is 1. The molecule has 0 bridgehead atoms. The zero-order valence-corrected chi connectivity index (χ0v) is 18.7. The van der Waals surface area contributed by atoms with Gasteiger partial charge in [0.2, 0.25) is 5.91 Å². The third-order valence-electron chi connectivity index (χ3n) is 6.37. The number of amides is 4. The predicted molar refractivity (Wildman–Crippen MR) is 120 cm³/mol. The second-order valence-electron chi connectivity index (χ2n) is 9.72. The van der Waals surface area contributed by atoms with Crippen molar-refractivity contribution >= 4 is 23.5 Å². The molecule has 1 saturated heterocycles. The highest BCUT2D eigenvalue weighted by Crippen LogP contribution is 2.34. The molecule has 2 unspecified atom stereocenters. The maximum atomic E-state index is 13.3. The Kier molecular flexibility index (Phi) is 4.91. The van der Waals surface area contributed by atoms with Crippen LogP contribution >= 0.6 is 0 Å². The lowest BCUT2D eigenvalue weighted by atomic mass is 9.84. The number of benzene rings is 2. The van der Waals surface area contributed by atoms with Gasteiger partial charge in [-0.15, -0.1) is 0 Å². The minimum Gasteiger partial charge on any atom is -0.319 e. The molecule has 2 atom stereocenters. The highest BCUT2D eigenvalue weighted by atomic mass is 16.2. The molecule has 31 heavy (non-hydrogen) atoms. The van der Waals surface area contributed by atoms with Crippen LogP contribution in [0.4, 0.5) is 10.5 Å². The number of fused-ring (bicyclic) bond motifs is 1. The summed E-state index contributed by atoms with van der Waals surface area (Å²) in [5, 5.41) is 2.80. The van der Waals surface area contributed by atoms with E-state index in [1.807, 2.05) is 55.5 Å². The molecule has 0 radical (unpaired) electrons. The maximum absolute atomic E-state index is 13.3. The number of anilines is 1. The van der Waals surface area contributed by atoms with Gasteiger partial charge in [-0.3, -0.25) is 14.5 Å². The van der Waals surface area contributed by atoms with Crippen LogP contribution < -0.4 is 10.2 Å². The molecular formula is C25H29N3O3. The molecule has 1 fully saturated rings. The van der Waals surface area contributed by atoms with Crippen LogP contribution in [0.5, 0.6) is 0 Å². The van der Waals surface area contributed by atoms with E-state index in [0.29, 0.717) is 5.56 Å². The molecule has 0 aromatic heterocycles. The molecule has 0 saturated carbocycles. The van der Waals surface area contributed by atoms with Crippen molar-refractivity contribution in [2.45, 2.75) is 58.0 Å². The summed E-state index contributed by atoms with van der Waals surface area (Å²) in [7, 11) is 0. The smallest absolute Gasteiger partial charge is 0.319 e. The van der Waals surface area contributed by atoms with Gasteiger partial charge in [0.1, 0.15) is 12.1 Å². The molecule has 2 aliphatic rings. The van der Waals surface area contributed by atoms with Crippen molar-refractivity contribution < 1.29 is 14.4 Å². The summed E-state index contributed by atoms with van der Waals surface area (Å²) < 4.78 is 0. The third kappa shape index (κ3) is 3.50. The van der Waals surface area contributed by atoms with Gasteiger partial charge in [-0.1, -0.05) is 63.2 Å². The molecule has 1 N–H and O–H groups in total. The van der Waals surface area contributed by atoms with Crippen molar-refractivity contribution in [1.29, 1.82) is 0 Å². The monoisotopic (exact) mass is 419 g/mol. The molecule has 4 rings (SSSR count). The van der Waals surface area contributed by atoms with Gasteiger partial charge in [0.25, 0.3) is 5.91 Å². The van der Waals surface area contributed by atoms with Crippen molar-refractivity contribution in [3.8, 4) is 0 Å². The number of nitrogens with zero attached hydrogens (tertiary/aromatic N) is 2. The third-order valence-corrected chi connectivity index (χ3v) is 6.37. The van der Waals surface area contributed by atoms with E-state index >= 15 is 0 Å². The Hall–Kier alpha value is -3.15. The zero-order valence-electron chi connectivity index (χ0n) is 18.7. The van der Waals surface area contributed by atoms with Crippen LogP contribution in [0.1, 0.15) is 51.3 Å². The molecule has 162 valence electrons. The highest BCUT2D eigenvalue weighted by Gasteiger charge is 2.50. The normalized spacial score (nSPS) is 23.2. The first kappa shape index (κ1) is 21.1. The van der Waals surface area contributed by atoms with Crippen LogP contribution in [-0.2, 0) is 27.0 Å². The van der Waals surface area contributed by atoms with Gasteiger partial charge in [0.05, 0.1) is 0 Å².